The van der Waals surface area contributed by atoms with E-state index >= 15 is 0 Å². The number of allylic oxidation sites excluding steroid dienone is 2. The number of hydrogen-bond acceptors (Lipinski definition) is 5. The average molecular weight is 309 g/mol. The summed E-state index contributed by atoms with van der Waals surface area (Å²) in [5.41, 5.74) is 2.60. The first-order chi connectivity index (χ1) is 11.2. The van der Waals surface area contributed by atoms with Crippen LogP contribution in [0.1, 0.15) is 38.2 Å². The van der Waals surface area contributed by atoms with Crippen LogP contribution in [0.15, 0.2) is 24.0 Å². The van der Waals surface area contributed by atoms with Crippen LogP contribution in [0.4, 0.5) is 5.82 Å². The first kappa shape index (κ1) is 15.2. The van der Waals surface area contributed by atoms with E-state index < -0.39 is 0 Å². The zero-order chi connectivity index (χ0) is 16.2. The third kappa shape index (κ3) is 3.39. The summed E-state index contributed by atoms with van der Waals surface area (Å²) in [4.78, 5) is 23.4. The number of anilines is 1. The summed E-state index contributed by atoms with van der Waals surface area (Å²) in [6.07, 6.45) is 10.6. The Morgan fingerprint density at radius 2 is 2.30 bits per heavy atom. The molecule has 118 valence electrons. The van der Waals surface area contributed by atoms with Crippen LogP contribution in [0.25, 0.3) is 11.2 Å². The quantitative estimate of drug-likeness (QED) is 0.654. The van der Waals surface area contributed by atoms with Crippen molar-refractivity contribution in [1.82, 2.24) is 15.0 Å². The van der Waals surface area contributed by atoms with Gasteiger partial charge < -0.3 is 10.3 Å². The second kappa shape index (κ2) is 6.61. The smallest absolute Gasteiger partial charge is 0.169 e. The number of rotatable bonds is 5. The number of nitriles is 1. The molecule has 0 amide bonds. The SMILES string of the molecule is CC(=O)/C(C#N)=C/Cc1c[nH]c2ncc(NC3CCCC3)nc12. The molecule has 0 bridgehead atoms. The molecule has 2 heterocycles. The number of carbonyl (C=O) groups is 1. The van der Waals surface area contributed by atoms with Gasteiger partial charge in [0.1, 0.15) is 17.4 Å². The highest BCUT2D eigenvalue weighted by Gasteiger charge is 2.16. The summed E-state index contributed by atoms with van der Waals surface area (Å²) in [7, 11) is 0. The summed E-state index contributed by atoms with van der Waals surface area (Å²) in [5, 5.41) is 12.4. The molecule has 1 aliphatic carbocycles. The zero-order valence-corrected chi connectivity index (χ0v) is 13.1. The third-order valence-corrected chi connectivity index (χ3v) is 4.19. The normalized spacial score (nSPS) is 15.7. The molecule has 3 rings (SSSR count). The standard InChI is InChI=1S/C17H19N5O/c1-11(23)12(8-18)6-7-13-9-19-17-16(13)22-15(10-20-17)21-14-4-2-3-5-14/h6,9-10,14H,2-5,7H2,1H3,(H,19,20)(H,21,22)/b12-6+. The van der Waals surface area contributed by atoms with Crippen molar-refractivity contribution in [2.45, 2.75) is 45.1 Å². The lowest BCUT2D eigenvalue weighted by Gasteiger charge is -2.12. The van der Waals surface area contributed by atoms with Crippen molar-refractivity contribution in [3.05, 3.63) is 29.6 Å². The molecule has 0 saturated heterocycles. The van der Waals surface area contributed by atoms with Crippen molar-refractivity contribution < 1.29 is 4.79 Å². The molecular weight excluding hydrogens is 290 g/mol. The van der Waals surface area contributed by atoms with Gasteiger partial charge in [-0.15, -0.1) is 0 Å². The molecule has 1 fully saturated rings. The van der Waals surface area contributed by atoms with Crippen molar-refractivity contribution in [2.75, 3.05) is 5.32 Å². The van der Waals surface area contributed by atoms with E-state index in [9.17, 15) is 4.79 Å². The lowest BCUT2D eigenvalue weighted by atomic mass is 10.1. The molecule has 6 heteroatoms. The van der Waals surface area contributed by atoms with E-state index in [-0.39, 0.29) is 11.4 Å². The maximum Gasteiger partial charge on any atom is 0.169 e. The van der Waals surface area contributed by atoms with Crippen LogP contribution < -0.4 is 5.32 Å². The van der Waals surface area contributed by atoms with Crippen molar-refractivity contribution in [2.24, 2.45) is 0 Å². The number of Topliss-reactive ketones (excluding diaryl/α,β-unsaturated/α-hetero) is 1. The third-order valence-electron chi connectivity index (χ3n) is 4.19. The Hall–Kier alpha value is -2.68. The first-order valence-corrected chi connectivity index (χ1v) is 7.88. The van der Waals surface area contributed by atoms with Gasteiger partial charge in [0.25, 0.3) is 0 Å². The summed E-state index contributed by atoms with van der Waals surface area (Å²) in [6, 6.07) is 2.40. The van der Waals surface area contributed by atoms with E-state index in [1.54, 1.807) is 12.3 Å². The minimum absolute atomic E-state index is 0.174. The second-order valence-corrected chi connectivity index (χ2v) is 5.88. The predicted octanol–water partition coefficient (Wildman–Crippen LogP) is 2.89. The number of fused-ring (bicyclic) bond motifs is 1. The molecule has 0 atom stereocenters. The summed E-state index contributed by atoms with van der Waals surface area (Å²) >= 11 is 0. The molecule has 1 saturated carbocycles. The van der Waals surface area contributed by atoms with E-state index in [4.69, 9.17) is 5.26 Å². The first-order valence-electron chi connectivity index (χ1n) is 7.88. The largest absolute Gasteiger partial charge is 0.366 e. The second-order valence-electron chi connectivity index (χ2n) is 5.88. The molecule has 2 aromatic heterocycles. The number of H-pyrrole nitrogens is 1. The highest BCUT2D eigenvalue weighted by Crippen LogP contribution is 2.23. The zero-order valence-electron chi connectivity index (χ0n) is 13.1. The van der Waals surface area contributed by atoms with E-state index in [0.717, 1.165) is 16.9 Å². The number of hydrogen-bond donors (Lipinski definition) is 2. The van der Waals surface area contributed by atoms with Gasteiger partial charge in [-0.3, -0.25) is 4.79 Å². The number of nitrogens with one attached hydrogen (secondary N) is 2. The minimum atomic E-state index is -0.220. The topological polar surface area (TPSA) is 94.5 Å². The molecule has 6 nitrogen and oxygen atoms in total. The number of aromatic nitrogens is 3. The fourth-order valence-electron chi connectivity index (χ4n) is 2.93. The van der Waals surface area contributed by atoms with Gasteiger partial charge in [-0.1, -0.05) is 18.9 Å². The molecule has 0 aromatic carbocycles. The Morgan fingerprint density at radius 1 is 1.52 bits per heavy atom. The van der Waals surface area contributed by atoms with Gasteiger partial charge in [0.15, 0.2) is 11.4 Å². The maximum absolute atomic E-state index is 11.3. The Balaban J connectivity index is 1.83. The Bertz CT molecular complexity index is 793. The molecule has 23 heavy (non-hydrogen) atoms. The number of nitrogens with zero attached hydrogens (tertiary/aromatic N) is 3. The summed E-state index contributed by atoms with van der Waals surface area (Å²) in [6.45, 7) is 1.40. The van der Waals surface area contributed by atoms with Crippen LogP contribution in [0.2, 0.25) is 0 Å². The van der Waals surface area contributed by atoms with Crippen molar-refractivity contribution >= 4 is 22.8 Å². The van der Waals surface area contributed by atoms with Crippen LogP contribution in [0, 0.1) is 11.3 Å². The van der Waals surface area contributed by atoms with Crippen LogP contribution in [-0.4, -0.2) is 26.8 Å². The molecule has 0 radical (unpaired) electrons. The lowest BCUT2D eigenvalue weighted by Crippen LogP contribution is -2.15. The summed E-state index contributed by atoms with van der Waals surface area (Å²) in [5.74, 6) is 0.559. The van der Waals surface area contributed by atoms with Crippen molar-refractivity contribution in [3.63, 3.8) is 0 Å². The molecule has 0 unspecified atom stereocenters. The maximum atomic E-state index is 11.3. The number of ketones is 1. The van der Waals surface area contributed by atoms with Gasteiger partial charge in [0.05, 0.1) is 11.8 Å². The predicted molar refractivity (Wildman–Crippen MR) is 87.8 cm³/mol. The fraction of sp³-hybridized carbons (Fsp3) is 0.412. The monoisotopic (exact) mass is 309 g/mol. The molecule has 2 aromatic rings. The summed E-state index contributed by atoms with van der Waals surface area (Å²) < 4.78 is 0. The van der Waals surface area contributed by atoms with Crippen LogP contribution >= 0.6 is 0 Å². The molecule has 0 spiro atoms. The van der Waals surface area contributed by atoms with Crippen molar-refractivity contribution in [3.8, 4) is 6.07 Å². The van der Waals surface area contributed by atoms with E-state index in [0.29, 0.717) is 18.1 Å². The molecule has 0 aliphatic heterocycles. The van der Waals surface area contributed by atoms with Gasteiger partial charge in [-0.2, -0.15) is 5.26 Å². The fourth-order valence-corrected chi connectivity index (χ4v) is 2.93. The van der Waals surface area contributed by atoms with E-state index in [1.165, 1.54) is 32.6 Å². The molecule has 1 aliphatic rings. The molecule has 2 N–H and O–H groups in total. The van der Waals surface area contributed by atoms with Crippen LogP contribution in [-0.2, 0) is 11.2 Å². The average Bonchev–Trinajstić information content (AvgIpc) is 3.17. The minimum Gasteiger partial charge on any atom is -0.366 e. The Morgan fingerprint density at radius 3 is 3.00 bits per heavy atom. The lowest BCUT2D eigenvalue weighted by molar-refractivity contribution is -0.113. The van der Waals surface area contributed by atoms with Gasteiger partial charge in [-0.05, 0) is 26.2 Å². The van der Waals surface area contributed by atoms with Gasteiger partial charge >= 0.3 is 0 Å². The van der Waals surface area contributed by atoms with Gasteiger partial charge in [0.2, 0.25) is 0 Å². The van der Waals surface area contributed by atoms with Crippen molar-refractivity contribution in [1.29, 1.82) is 5.26 Å². The highest BCUT2D eigenvalue weighted by atomic mass is 16.1. The Kier molecular flexibility index (Phi) is 4.38. The highest BCUT2D eigenvalue weighted by molar-refractivity contribution is 5.97. The van der Waals surface area contributed by atoms with E-state index in [1.807, 2.05) is 12.3 Å². The van der Waals surface area contributed by atoms with Crippen LogP contribution in [0.3, 0.4) is 0 Å². The van der Waals surface area contributed by atoms with E-state index in [2.05, 4.69) is 20.3 Å². The number of carbonyl (C=O) groups excluding carboxylic acids is 1. The number of aromatic amines is 1. The molecular formula is C17H19N5O. The van der Waals surface area contributed by atoms with Gasteiger partial charge in [-0.25, -0.2) is 9.97 Å². The van der Waals surface area contributed by atoms with Gasteiger partial charge in [0, 0.05) is 17.8 Å². The Labute approximate surface area is 134 Å². The van der Waals surface area contributed by atoms with Crippen LogP contribution in [0.5, 0.6) is 0 Å².